The van der Waals surface area contributed by atoms with Gasteiger partial charge in [-0.15, -0.1) is 0 Å². The second-order valence-electron chi connectivity index (χ2n) is 4.99. The first kappa shape index (κ1) is 14.2. The number of hydrogen-bond acceptors (Lipinski definition) is 4. The molecule has 0 radical (unpaired) electrons. The number of phenolic OH excluding ortho intramolecular Hbond substituents is 3. The molecular weight excluding hydrogens is 254 g/mol. The van der Waals surface area contributed by atoms with Crippen LogP contribution in [-0.4, -0.2) is 15.3 Å². The molecule has 0 saturated carbocycles. The molecule has 0 spiro atoms. The van der Waals surface area contributed by atoms with Gasteiger partial charge in [-0.3, -0.25) is 0 Å². The Bertz CT molecular complexity index is 578. The Kier molecular flexibility index (Phi) is 4.15. The molecule has 2 atom stereocenters. The Labute approximate surface area is 118 Å². The molecule has 0 bridgehead atoms. The predicted molar refractivity (Wildman–Crippen MR) is 77.8 cm³/mol. The summed E-state index contributed by atoms with van der Waals surface area (Å²) in [6, 6.07) is 11.6. The van der Waals surface area contributed by atoms with Gasteiger partial charge in [0, 0.05) is 18.2 Å². The Hall–Kier alpha value is -2.20. The van der Waals surface area contributed by atoms with Gasteiger partial charge in [0.15, 0.2) is 0 Å². The molecule has 0 fully saturated rings. The van der Waals surface area contributed by atoms with E-state index in [2.05, 4.69) is 5.32 Å². The van der Waals surface area contributed by atoms with E-state index in [9.17, 15) is 15.3 Å². The van der Waals surface area contributed by atoms with E-state index in [1.807, 2.05) is 19.9 Å². The molecule has 0 aliphatic rings. The Morgan fingerprint density at radius 1 is 0.750 bits per heavy atom. The first-order valence-corrected chi connectivity index (χ1v) is 6.53. The number of phenols is 3. The van der Waals surface area contributed by atoms with Gasteiger partial charge in [-0.05, 0) is 49.2 Å². The summed E-state index contributed by atoms with van der Waals surface area (Å²) in [5.74, 6) is 0.316. The van der Waals surface area contributed by atoms with Crippen LogP contribution in [0.5, 0.6) is 17.2 Å². The highest BCUT2D eigenvalue weighted by atomic mass is 16.3. The summed E-state index contributed by atoms with van der Waals surface area (Å²) in [5.41, 5.74) is 1.77. The maximum Gasteiger partial charge on any atom is 0.119 e. The minimum absolute atomic E-state index is 0.0293. The van der Waals surface area contributed by atoms with Crippen LogP contribution in [-0.2, 0) is 0 Å². The maximum atomic E-state index is 9.51. The topological polar surface area (TPSA) is 72.7 Å². The number of hydrogen-bond donors (Lipinski definition) is 4. The monoisotopic (exact) mass is 273 g/mol. The van der Waals surface area contributed by atoms with Gasteiger partial charge in [0.05, 0.1) is 0 Å². The normalized spacial score (nSPS) is 13.9. The average Bonchev–Trinajstić information content (AvgIpc) is 2.37. The first-order chi connectivity index (χ1) is 9.45. The average molecular weight is 273 g/mol. The quantitative estimate of drug-likeness (QED) is 0.690. The fraction of sp³-hybridized carbons (Fsp3) is 0.250. The van der Waals surface area contributed by atoms with Crippen LogP contribution in [0.1, 0.15) is 37.1 Å². The zero-order valence-corrected chi connectivity index (χ0v) is 11.5. The first-order valence-electron chi connectivity index (χ1n) is 6.53. The van der Waals surface area contributed by atoms with Gasteiger partial charge in [0.25, 0.3) is 0 Å². The molecule has 2 aromatic carbocycles. The molecule has 4 N–H and O–H groups in total. The van der Waals surface area contributed by atoms with E-state index in [4.69, 9.17) is 0 Å². The molecule has 0 heterocycles. The van der Waals surface area contributed by atoms with Crippen molar-refractivity contribution < 1.29 is 15.3 Å². The summed E-state index contributed by atoms with van der Waals surface area (Å²) in [4.78, 5) is 0. The molecular formula is C16H19NO3. The molecule has 20 heavy (non-hydrogen) atoms. The highest BCUT2D eigenvalue weighted by Gasteiger charge is 2.13. The van der Waals surface area contributed by atoms with Crippen molar-refractivity contribution in [3.8, 4) is 17.2 Å². The second kappa shape index (κ2) is 5.84. The van der Waals surface area contributed by atoms with Crippen LogP contribution in [0.15, 0.2) is 42.5 Å². The van der Waals surface area contributed by atoms with Crippen molar-refractivity contribution in [1.82, 2.24) is 5.32 Å². The summed E-state index contributed by atoms with van der Waals surface area (Å²) in [6.45, 7) is 3.95. The van der Waals surface area contributed by atoms with E-state index < -0.39 is 0 Å². The van der Waals surface area contributed by atoms with Crippen LogP contribution in [0, 0.1) is 0 Å². The molecule has 106 valence electrons. The van der Waals surface area contributed by atoms with E-state index in [0.29, 0.717) is 0 Å². The lowest BCUT2D eigenvalue weighted by molar-refractivity contribution is 0.441. The van der Waals surface area contributed by atoms with E-state index in [-0.39, 0.29) is 29.3 Å². The molecule has 2 rings (SSSR count). The molecule has 2 unspecified atom stereocenters. The summed E-state index contributed by atoms with van der Waals surface area (Å²) < 4.78 is 0. The van der Waals surface area contributed by atoms with Crippen LogP contribution < -0.4 is 5.32 Å². The SMILES string of the molecule is CC(NC(C)c1cc(O)cc(O)c1)c1cccc(O)c1. The van der Waals surface area contributed by atoms with Gasteiger partial charge in [-0.2, -0.15) is 0 Å². The molecule has 0 aromatic heterocycles. The summed E-state index contributed by atoms with van der Waals surface area (Å²) >= 11 is 0. The summed E-state index contributed by atoms with van der Waals surface area (Å²) in [6.07, 6.45) is 0. The third kappa shape index (κ3) is 3.42. The van der Waals surface area contributed by atoms with Gasteiger partial charge in [0.1, 0.15) is 17.2 Å². The van der Waals surface area contributed by atoms with Crippen molar-refractivity contribution in [3.05, 3.63) is 53.6 Å². The standard InChI is InChI=1S/C16H19NO3/c1-10(12-4-3-5-14(18)6-12)17-11(2)13-7-15(19)9-16(20)8-13/h3-11,17-20H,1-2H3. The number of benzene rings is 2. The van der Waals surface area contributed by atoms with E-state index in [1.165, 1.54) is 6.07 Å². The third-order valence-corrected chi connectivity index (χ3v) is 3.30. The van der Waals surface area contributed by atoms with E-state index in [1.54, 1.807) is 30.3 Å². The molecule has 0 saturated heterocycles. The summed E-state index contributed by atoms with van der Waals surface area (Å²) in [5, 5.41) is 31.9. The van der Waals surface area contributed by atoms with Crippen LogP contribution in [0.25, 0.3) is 0 Å². The van der Waals surface area contributed by atoms with Gasteiger partial charge < -0.3 is 20.6 Å². The maximum absolute atomic E-state index is 9.51. The van der Waals surface area contributed by atoms with Crippen LogP contribution in [0.3, 0.4) is 0 Å². The predicted octanol–water partition coefficient (Wildman–Crippen LogP) is 3.22. The number of nitrogens with one attached hydrogen (secondary N) is 1. The van der Waals surface area contributed by atoms with E-state index >= 15 is 0 Å². The van der Waals surface area contributed by atoms with Crippen LogP contribution in [0.4, 0.5) is 0 Å². The zero-order chi connectivity index (χ0) is 14.7. The molecule has 0 aliphatic carbocycles. The largest absolute Gasteiger partial charge is 0.508 e. The molecule has 2 aromatic rings. The van der Waals surface area contributed by atoms with Crippen LogP contribution >= 0.6 is 0 Å². The minimum atomic E-state index is -0.0506. The highest BCUT2D eigenvalue weighted by molar-refractivity contribution is 5.38. The minimum Gasteiger partial charge on any atom is -0.508 e. The number of aromatic hydroxyl groups is 3. The Morgan fingerprint density at radius 3 is 1.90 bits per heavy atom. The van der Waals surface area contributed by atoms with Crippen molar-refractivity contribution in [2.45, 2.75) is 25.9 Å². The third-order valence-electron chi connectivity index (χ3n) is 3.30. The molecule has 4 heteroatoms. The summed E-state index contributed by atoms with van der Waals surface area (Å²) in [7, 11) is 0. The number of rotatable bonds is 4. The molecule has 4 nitrogen and oxygen atoms in total. The smallest absolute Gasteiger partial charge is 0.119 e. The lowest BCUT2D eigenvalue weighted by Gasteiger charge is -2.21. The van der Waals surface area contributed by atoms with Crippen molar-refractivity contribution in [1.29, 1.82) is 0 Å². The highest BCUT2D eigenvalue weighted by Crippen LogP contribution is 2.27. The Balaban J connectivity index is 2.12. The van der Waals surface area contributed by atoms with Crippen molar-refractivity contribution >= 4 is 0 Å². The Morgan fingerprint density at radius 2 is 1.30 bits per heavy atom. The van der Waals surface area contributed by atoms with Crippen molar-refractivity contribution in [2.24, 2.45) is 0 Å². The van der Waals surface area contributed by atoms with Crippen molar-refractivity contribution in [2.75, 3.05) is 0 Å². The fourth-order valence-corrected chi connectivity index (χ4v) is 2.23. The lowest BCUT2D eigenvalue weighted by Crippen LogP contribution is -2.22. The van der Waals surface area contributed by atoms with Crippen LogP contribution in [0.2, 0.25) is 0 Å². The second-order valence-corrected chi connectivity index (χ2v) is 4.99. The van der Waals surface area contributed by atoms with Gasteiger partial charge >= 0.3 is 0 Å². The zero-order valence-electron chi connectivity index (χ0n) is 11.5. The van der Waals surface area contributed by atoms with Gasteiger partial charge in [0.2, 0.25) is 0 Å². The van der Waals surface area contributed by atoms with E-state index in [0.717, 1.165) is 11.1 Å². The lowest BCUT2D eigenvalue weighted by atomic mass is 10.0. The molecule has 0 aliphatic heterocycles. The van der Waals surface area contributed by atoms with Crippen molar-refractivity contribution in [3.63, 3.8) is 0 Å². The fourth-order valence-electron chi connectivity index (χ4n) is 2.23. The van der Waals surface area contributed by atoms with Gasteiger partial charge in [-0.25, -0.2) is 0 Å². The van der Waals surface area contributed by atoms with Gasteiger partial charge in [-0.1, -0.05) is 12.1 Å². The molecule has 0 amide bonds.